The molecule has 0 saturated carbocycles. The topological polar surface area (TPSA) is 41.1 Å². The van der Waals surface area contributed by atoms with E-state index in [0.29, 0.717) is 0 Å². The van der Waals surface area contributed by atoms with E-state index in [9.17, 15) is 0 Å². The Kier molecular flexibility index (Phi) is 13.3. The summed E-state index contributed by atoms with van der Waals surface area (Å²) in [5.41, 5.74) is 0. The molecule has 0 aliphatic carbocycles. The Morgan fingerprint density at radius 3 is 1.27 bits per heavy atom. The molecule has 3 nitrogen and oxygen atoms in total. The average Bonchev–Trinajstić information content (AvgIpc) is 1.90. The number of carbonyl (C=O) groups is 1. The largest absolute Gasteiger partial charge is 0.314 e. The van der Waals surface area contributed by atoms with Crippen molar-refractivity contribution in [1.29, 1.82) is 0 Å². The van der Waals surface area contributed by atoms with Gasteiger partial charge in [-0.2, -0.15) is 0 Å². The van der Waals surface area contributed by atoms with Crippen LogP contribution >= 0.6 is 35.6 Å². The maximum atomic E-state index is 8.98. The molecule has 0 amide bonds. The molecule has 0 spiro atoms. The van der Waals surface area contributed by atoms with E-state index in [1.54, 1.807) is 0 Å². The van der Waals surface area contributed by atoms with Crippen molar-refractivity contribution in [3.05, 3.63) is 0 Å². The molecule has 6 heteroatoms. The highest BCUT2D eigenvalue weighted by Crippen LogP contribution is 1.84. The number of hydrogen-bond acceptors (Lipinski definition) is 3. The third kappa shape index (κ3) is 17.9. The van der Waals surface area contributed by atoms with Gasteiger partial charge in [-0.15, -0.1) is 12.4 Å². The lowest BCUT2D eigenvalue weighted by Gasteiger charge is -2.11. The molecule has 0 radical (unpaired) electrons. The van der Waals surface area contributed by atoms with Gasteiger partial charge in [-0.1, -0.05) is 0 Å². The van der Waals surface area contributed by atoms with Gasteiger partial charge in [0.25, 0.3) is 0 Å². The molecule has 0 atom stereocenters. The maximum Gasteiger partial charge on any atom is 0.313 e. The quantitative estimate of drug-likeness (QED) is 0.604. The Labute approximate surface area is 82.2 Å². The number of nitrogens with one attached hydrogen (secondary N) is 2. The van der Waals surface area contributed by atoms with Gasteiger partial charge in [0, 0.05) is 26.2 Å². The second-order valence-corrected chi connectivity index (χ2v) is 2.61. The van der Waals surface area contributed by atoms with Gasteiger partial charge in [0.05, 0.1) is 0 Å². The lowest BCUT2D eigenvalue weighted by molar-refractivity contribution is 0.275. The summed E-state index contributed by atoms with van der Waals surface area (Å²) >= 11 is 8.80. The van der Waals surface area contributed by atoms with E-state index in [2.05, 4.69) is 33.8 Å². The molecule has 1 rings (SSSR count). The number of carbonyl (C=O) groups excluding carboxylic acids is 1. The van der Waals surface area contributed by atoms with E-state index < -0.39 is 4.70 Å². The molecule has 1 heterocycles. The van der Waals surface area contributed by atoms with Crippen LogP contribution in [0.1, 0.15) is 0 Å². The van der Waals surface area contributed by atoms with Crippen LogP contribution in [0.3, 0.4) is 0 Å². The number of piperazine rings is 1. The van der Waals surface area contributed by atoms with Crippen molar-refractivity contribution in [3.63, 3.8) is 0 Å². The number of hydrogen-bond donors (Lipinski definition) is 2. The first kappa shape index (κ1) is 14.0. The molecule has 1 aliphatic rings. The highest BCUT2D eigenvalue weighted by Gasteiger charge is 1.91. The summed E-state index contributed by atoms with van der Waals surface area (Å²) in [6.45, 7) is 4.56. The molecule has 1 aliphatic heterocycles. The zero-order valence-electron chi connectivity index (χ0n) is 5.90. The highest BCUT2D eigenvalue weighted by atomic mass is 35.5. The van der Waals surface area contributed by atoms with Crippen LogP contribution in [0.15, 0.2) is 0 Å². The number of halogens is 3. The second-order valence-electron chi connectivity index (χ2n) is 1.73. The molecule has 1 fully saturated rings. The highest BCUT2D eigenvalue weighted by molar-refractivity contribution is 6.93. The van der Waals surface area contributed by atoms with Crippen molar-refractivity contribution in [2.45, 2.75) is 0 Å². The first-order chi connectivity index (χ1) is 4.73. The normalized spacial score (nSPS) is 15.5. The first-order valence-corrected chi connectivity index (χ1v) is 3.75. The maximum absolute atomic E-state index is 8.98. The van der Waals surface area contributed by atoms with Gasteiger partial charge in [-0.3, -0.25) is 4.79 Å². The van der Waals surface area contributed by atoms with Crippen molar-refractivity contribution in [3.8, 4) is 0 Å². The molecule has 0 aromatic carbocycles. The molecule has 1 saturated heterocycles. The van der Waals surface area contributed by atoms with Crippen LogP contribution in [0.5, 0.6) is 0 Å². The zero-order chi connectivity index (χ0) is 7.82. The van der Waals surface area contributed by atoms with E-state index >= 15 is 0 Å². The predicted octanol–water partition coefficient (Wildman–Crippen LogP) is 1.18. The summed E-state index contributed by atoms with van der Waals surface area (Å²) in [6, 6.07) is 0. The van der Waals surface area contributed by atoms with E-state index in [4.69, 9.17) is 4.79 Å². The third-order valence-corrected chi connectivity index (χ3v) is 0.957. The minimum absolute atomic E-state index is 0. The predicted molar refractivity (Wildman–Crippen MR) is 50.1 cm³/mol. The van der Waals surface area contributed by atoms with Crippen LogP contribution < -0.4 is 10.6 Å². The van der Waals surface area contributed by atoms with Crippen LogP contribution in [-0.2, 0) is 0 Å². The molecular formula is C5H11Cl3N2O. The van der Waals surface area contributed by atoms with Gasteiger partial charge in [-0.25, -0.2) is 0 Å². The summed E-state index contributed by atoms with van der Waals surface area (Å²) in [6.07, 6.45) is 0. The Hall–Kier alpha value is 0.460. The van der Waals surface area contributed by atoms with Crippen LogP contribution in [0.25, 0.3) is 0 Å². The SMILES string of the molecule is C1CNCCN1.Cl.O=C(Cl)Cl. The molecule has 11 heavy (non-hydrogen) atoms. The fraction of sp³-hybridized carbons (Fsp3) is 0.800. The molecule has 0 unspecified atom stereocenters. The molecule has 0 aromatic rings. The average molecular weight is 222 g/mol. The van der Waals surface area contributed by atoms with Gasteiger partial charge in [0.2, 0.25) is 0 Å². The summed E-state index contributed by atoms with van der Waals surface area (Å²) in [5.74, 6) is 0. The van der Waals surface area contributed by atoms with E-state index in [-0.39, 0.29) is 12.4 Å². The van der Waals surface area contributed by atoms with Crippen molar-refractivity contribution in [1.82, 2.24) is 10.6 Å². The standard InChI is InChI=1S/C4H10N2.CCl2O.ClH/c1-2-6-4-3-5-1;2-1(3)4;/h5-6H,1-4H2;;1H. The van der Waals surface area contributed by atoms with Crippen LogP contribution in [-0.4, -0.2) is 30.9 Å². The minimum atomic E-state index is -0.889. The summed E-state index contributed by atoms with van der Waals surface area (Å²) in [4.78, 5) is 8.98. The van der Waals surface area contributed by atoms with Crippen molar-refractivity contribution in [2.24, 2.45) is 0 Å². The lowest BCUT2D eigenvalue weighted by atomic mass is 10.4. The summed E-state index contributed by atoms with van der Waals surface area (Å²) in [5, 5.41) is 6.44. The van der Waals surface area contributed by atoms with Gasteiger partial charge >= 0.3 is 4.70 Å². The first-order valence-electron chi connectivity index (χ1n) is 3.00. The van der Waals surface area contributed by atoms with Gasteiger partial charge in [0.15, 0.2) is 0 Å². The Morgan fingerprint density at radius 2 is 1.18 bits per heavy atom. The van der Waals surface area contributed by atoms with E-state index in [1.165, 1.54) is 0 Å². The number of rotatable bonds is 0. The van der Waals surface area contributed by atoms with E-state index in [1.807, 2.05) is 0 Å². The van der Waals surface area contributed by atoms with Gasteiger partial charge < -0.3 is 10.6 Å². The fourth-order valence-electron chi connectivity index (χ4n) is 0.604. The minimum Gasteiger partial charge on any atom is -0.314 e. The smallest absolute Gasteiger partial charge is 0.313 e. The zero-order valence-corrected chi connectivity index (χ0v) is 8.23. The third-order valence-electron chi connectivity index (χ3n) is 0.957. The molecule has 2 N–H and O–H groups in total. The fourth-order valence-corrected chi connectivity index (χ4v) is 0.604. The van der Waals surface area contributed by atoms with Crippen molar-refractivity contribution >= 4 is 40.3 Å². The molecule has 68 valence electrons. The molecule has 0 bridgehead atoms. The van der Waals surface area contributed by atoms with E-state index in [0.717, 1.165) is 26.2 Å². The van der Waals surface area contributed by atoms with Crippen LogP contribution in [0.2, 0.25) is 0 Å². The summed E-state index contributed by atoms with van der Waals surface area (Å²) in [7, 11) is 0. The van der Waals surface area contributed by atoms with Gasteiger partial charge in [-0.05, 0) is 23.2 Å². The Bertz CT molecular complexity index is 82.2. The van der Waals surface area contributed by atoms with Crippen molar-refractivity contribution in [2.75, 3.05) is 26.2 Å². The van der Waals surface area contributed by atoms with Crippen LogP contribution in [0, 0.1) is 0 Å². The monoisotopic (exact) mass is 220 g/mol. The molecule has 0 aromatic heterocycles. The van der Waals surface area contributed by atoms with Crippen molar-refractivity contribution < 1.29 is 4.79 Å². The Balaban J connectivity index is 0. The second kappa shape index (κ2) is 10.5. The molecular weight excluding hydrogens is 210 g/mol. The van der Waals surface area contributed by atoms with Gasteiger partial charge in [0.1, 0.15) is 0 Å². The lowest BCUT2D eigenvalue weighted by Crippen LogP contribution is -2.39. The van der Waals surface area contributed by atoms with Crippen LogP contribution in [0.4, 0.5) is 4.79 Å². The Morgan fingerprint density at radius 1 is 1.00 bits per heavy atom. The summed E-state index contributed by atoms with van der Waals surface area (Å²) < 4.78 is -0.889.